The monoisotopic (exact) mass is 489 g/mol. The summed E-state index contributed by atoms with van der Waals surface area (Å²) in [4.78, 5) is 21.7. The summed E-state index contributed by atoms with van der Waals surface area (Å²) in [6, 6.07) is 4.30. The second-order valence-corrected chi connectivity index (χ2v) is 12.5. The van der Waals surface area contributed by atoms with Crippen LogP contribution in [0.3, 0.4) is 0 Å². The van der Waals surface area contributed by atoms with Crippen molar-refractivity contribution in [1.82, 2.24) is 10.3 Å². The average molecular weight is 490 g/mol. The second kappa shape index (κ2) is 10.1. The van der Waals surface area contributed by atoms with E-state index in [9.17, 15) is 4.79 Å². The highest BCUT2D eigenvalue weighted by Crippen LogP contribution is 2.66. The van der Waals surface area contributed by atoms with E-state index >= 15 is 0 Å². The minimum absolute atomic E-state index is 0.236. The quantitative estimate of drug-likeness (QED) is 0.255. The van der Waals surface area contributed by atoms with Crippen LogP contribution in [0, 0.1) is 34.5 Å². The molecule has 0 aromatic carbocycles. The Morgan fingerprint density at radius 2 is 2.06 bits per heavy atom. The summed E-state index contributed by atoms with van der Waals surface area (Å²) in [6.45, 7) is 10.0. The Hall–Kier alpha value is -2.43. The van der Waals surface area contributed by atoms with Crippen molar-refractivity contribution in [2.75, 3.05) is 6.54 Å². The van der Waals surface area contributed by atoms with Crippen LogP contribution >= 0.6 is 0 Å². The molecule has 2 saturated carbocycles. The van der Waals surface area contributed by atoms with Crippen molar-refractivity contribution >= 4 is 17.4 Å². The Morgan fingerprint density at radius 3 is 2.83 bits per heavy atom. The van der Waals surface area contributed by atoms with Crippen molar-refractivity contribution in [2.24, 2.45) is 39.7 Å². The summed E-state index contributed by atoms with van der Waals surface area (Å²) >= 11 is 0. The molecule has 0 bridgehead atoms. The Labute approximate surface area is 216 Å². The number of aromatic nitrogens is 1. The molecule has 0 aliphatic heterocycles. The maximum absolute atomic E-state index is 12.1. The van der Waals surface area contributed by atoms with Gasteiger partial charge in [0.1, 0.15) is 0 Å². The first kappa shape index (κ1) is 25.2. The van der Waals surface area contributed by atoms with Gasteiger partial charge in [-0.05, 0) is 116 Å². The van der Waals surface area contributed by atoms with E-state index in [1.165, 1.54) is 42.4 Å². The number of rotatable bonds is 6. The third-order valence-electron chi connectivity index (χ3n) is 10.0. The average Bonchev–Trinajstić information content (AvgIpc) is 3.23. The zero-order valence-corrected chi connectivity index (χ0v) is 22.6. The summed E-state index contributed by atoms with van der Waals surface area (Å²) in [7, 11) is 0. The van der Waals surface area contributed by atoms with E-state index in [0.29, 0.717) is 12.5 Å². The standard InChI is InChI=1S/C31H43N3O2/c1-21(2)7-5-18-33-29(35)36-34-24-13-15-30(3)23(19-24)9-10-25-27-12-11-26(22-8-6-17-32-20-22)31(27,4)16-14-28(25)30/h6,8,11,17,19-21,25,27-28H,5,7,9-10,12-16,18H2,1-4H3,(H,33,35)/b34-24+/t25-,27-,28?,30-,31+/m0/s1. The molecule has 36 heavy (non-hydrogen) atoms. The van der Waals surface area contributed by atoms with Gasteiger partial charge in [0, 0.05) is 18.9 Å². The van der Waals surface area contributed by atoms with Crippen LogP contribution < -0.4 is 5.32 Å². The molecule has 2 fully saturated rings. The molecule has 1 heterocycles. The maximum Gasteiger partial charge on any atom is 0.433 e. The van der Waals surface area contributed by atoms with Gasteiger partial charge in [0.2, 0.25) is 0 Å². The molecule has 1 aromatic rings. The topological polar surface area (TPSA) is 63.6 Å². The molecule has 1 N–H and O–H groups in total. The van der Waals surface area contributed by atoms with Gasteiger partial charge in [0.25, 0.3) is 0 Å². The van der Waals surface area contributed by atoms with E-state index in [2.05, 4.69) is 67.4 Å². The summed E-state index contributed by atoms with van der Waals surface area (Å²) in [5, 5.41) is 7.07. The van der Waals surface area contributed by atoms with Gasteiger partial charge in [-0.25, -0.2) is 4.79 Å². The highest BCUT2D eigenvalue weighted by Gasteiger charge is 2.57. The molecule has 194 valence electrons. The summed E-state index contributed by atoms with van der Waals surface area (Å²) in [5.74, 6) is 2.86. The van der Waals surface area contributed by atoms with Gasteiger partial charge in [0.15, 0.2) is 0 Å². The normalized spacial score (nSPS) is 34.4. The molecule has 5 nitrogen and oxygen atoms in total. The molecule has 1 unspecified atom stereocenters. The second-order valence-electron chi connectivity index (χ2n) is 12.5. The Bertz CT molecular complexity index is 1060. The van der Waals surface area contributed by atoms with Crippen LogP contribution in [-0.4, -0.2) is 23.3 Å². The number of fused-ring (bicyclic) bond motifs is 5. The fourth-order valence-corrected chi connectivity index (χ4v) is 8.01. The van der Waals surface area contributed by atoms with Gasteiger partial charge < -0.3 is 5.32 Å². The first-order valence-corrected chi connectivity index (χ1v) is 14.1. The fourth-order valence-electron chi connectivity index (χ4n) is 8.01. The molecule has 0 spiro atoms. The predicted molar refractivity (Wildman–Crippen MR) is 145 cm³/mol. The number of oxime groups is 1. The fraction of sp³-hybridized carbons (Fsp3) is 0.645. The molecule has 5 rings (SSSR count). The van der Waals surface area contributed by atoms with Crippen LogP contribution in [0.4, 0.5) is 4.79 Å². The summed E-state index contributed by atoms with van der Waals surface area (Å²) in [6.07, 6.45) is 18.4. The van der Waals surface area contributed by atoms with Gasteiger partial charge >= 0.3 is 6.09 Å². The Kier molecular flexibility index (Phi) is 7.11. The molecule has 4 aliphatic carbocycles. The SMILES string of the molecule is CC(C)CCCNC(=O)O/N=C1/C=C2CC[C@@H]3C(CC[C@]4(C)C(c5cccnc5)=CC[C@@H]34)[C@@]2(C)CC1. The lowest BCUT2D eigenvalue weighted by Gasteiger charge is -2.58. The number of carbonyl (C=O) groups excluding carboxylic acids is 1. The number of allylic oxidation sites excluding steroid dienone is 4. The van der Waals surface area contributed by atoms with Crippen LogP contribution in [0.15, 0.2) is 47.4 Å². The molecular formula is C31H43N3O2. The minimum atomic E-state index is -0.439. The predicted octanol–water partition coefficient (Wildman–Crippen LogP) is 7.56. The molecule has 4 aliphatic rings. The Morgan fingerprint density at radius 1 is 1.19 bits per heavy atom. The van der Waals surface area contributed by atoms with Gasteiger partial charge in [-0.15, -0.1) is 0 Å². The van der Waals surface area contributed by atoms with Crippen LogP contribution in [-0.2, 0) is 4.84 Å². The number of amides is 1. The van der Waals surface area contributed by atoms with Crippen molar-refractivity contribution in [1.29, 1.82) is 0 Å². The van der Waals surface area contributed by atoms with E-state index in [1.54, 1.807) is 0 Å². The lowest BCUT2D eigenvalue weighted by Crippen LogP contribution is -2.49. The third-order valence-corrected chi connectivity index (χ3v) is 10.0. The first-order chi connectivity index (χ1) is 17.3. The van der Waals surface area contributed by atoms with Crippen molar-refractivity contribution < 1.29 is 9.63 Å². The van der Waals surface area contributed by atoms with Crippen LogP contribution in [0.2, 0.25) is 0 Å². The molecule has 1 aromatic heterocycles. The van der Waals surface area contributed by atoms with Crippen molar-refractivity contribution in [2.45, 2.75) is 85.5 Å². The van der Waals surface area contributed by atoms with Gasteiger partial charge in [-0.3, -0.25) is 9.82 Å². The smallest absolute Gasteiger partial charge is 0.320 e. The van der Waals surface area contributed by atoms with Crippen LogP contribution in [0.5, 0.6) is 0 Å². The van der Waals surface area contributed by atoms with Gasteiger partial charge in [0.05, 0.1) is 5.71 Å². The number of carbonyl (C=O) groups is 1. The minimum Gasteiger partial charge on any atom is -0.320 e. The van der Waals surface area contributed by atoms with Crippen molar-refractivity contribution in [3.63, 3.8) is 0 Å². The molecular weight excluding hydrogens is 446 g/mol. The first-order valence-electron chi connectivity index (χ1n) is 14.1. The molecule has 0 radical (unpaired) electrons. The molecule has 0 saturated heterocycles. The zero-order valence-electron chi connectivity index (χ0n) is 22.6. The third kappa shape index (κ3) is 4.66. The van der Waals surface area contributed by atoms with Crippen molar-refractivity contribution in [3.8, 4) is 0 Å². The van der Waals surface area contributed by atoms with E-state index < -0.39 is 6.09 Å². The van der Waals surface area contributed by atoms with Crippen LogP contribution in [0.25, 0.3) is 5.57 Å². The molecule has 1 amide bonds. The number of nitrogens with zero attached hydrogens (tertiary/aromatic N) is 2. The van der Waals surface area contributed by atoms with E-state index in [0.717, 1.165) is 55.6 Å². The lowest BCUT2D eigenvalue weighted by atomic mass is 9.46. The van der Waals surface area contributed by atoms with E-state index in [-0.39, 0.29) is 10.8 Å². The molecule has 5 atom stereocenters. The Balaban J connectivity index is 1.24. The van der Waals surface area contributed by atoms with E-state index in [1.807, 2.05) is 12.4 Å². The van der Waals surface area contributed by atoms with Gasteiger partial charge in [-0.1, -0.05) is 50.6 Å². The molecule has 5 heteroatoms. The maximum atomic E-state index is 12.1. The number of pyridine rings is 1. The van der Waals surface area contributed by atoms with Crippen LogP contribution in [0.1, 0.15) is 91.0 Å². The highest BCUT2D eigenvalue weighted by atomic mass is 16.7. The number of hydrogen-bond donors (Lipinski definition) is 1. The highest BCUT2D eigenvalue weighted by molar-refractivity contribution is 5.96. The summed E-state index contributed by atoms with van der Waals surface area (Å²) in [5.41, 5.74) is 5.78. The number of nitrogens with one attached hydrogen (secondary N) is 1. The largest absolute Gasteiger partial charge is 0.433 e. The van der Waals surface area contributed by atoms with E-state index in [4.69, 9.17) is 4.84 Å². The van der Waals surface area contributed by atoms with Crippen molar-refractivity contribution in [3.05, 3.63) is 47.8 Å². The summed E-state index contributed by atoms with van der Waals surface area (Å²) < 4.78 is 0. The number of hydrogen-bond acceptors (Lipinski definition) is 4. The lowest BCUT2D eigenvalue weighted by molar-refractivity contribution is -0.0190. The van der Waals surface area contributed by atoms with Gasteiger partial charge in [-0.2, -0.15) is 0 Å². The zero-order chi connectivity index (χ0) is 25.3.